The second-order valence-electron chi connectivity index (χ2n) is 7.26. The van der Waals surface area contributed by atoms with Crippen LogP contribution >= 0.6 is 0 Å². The minimum atomic E-state index is -0.295. The lowest BCUT2D eigenvalue weighted by atomic mass is 10.2. The molecule has 2 amide bonds. The molecule has 7 heteroatoms. The summed E-state index contributed by atoms with van der Waals surface area (Å²) in [7, 11) is 0. The highest BCUT2D eigenvalue weighted by atomic mass is 16.7. The van der Waals surface area contributed by atoms with Crippen LogP contribution in [-0.2, 0) is 18.0 Å². The van der Waals surface area contributed by atoms with E-state index in [0.29, 0.717) is 24.5 Å². The highest BCUT2D eigenvalue weighted by Crippen LogP contribution is 2.20. The van der Waals surface area contributed by atoms with Gasteiger partial charge in [-0.2, -0.15) is 5.26 Å². The summed E-state index contributed by atoms with van der Waals surface area (Å²) in [5, 5.41) is 16.3. The highest BCUT2D eigenvalue weighted by Gasteiger charge is 2.11. The minimum Gasteiger partial charge on any atom is -0.336 e. The van der Waals surface area contributed by atoms with E-state index in [1.807, 2.05) is 68.4 Å². The zero-order chi connectivity index (χ0) is 22.1. The maximum atomic E-state index is 12.0. The smallest absolute Gasteiger partial charge is 0.320 e. The molecule has 7 nitrogen and oxygen atoms in total. The number of para-hydroxylation sites is 1. The first-order valence-corrected chi connectivity index (χ1v) is 10.0. The fourth-order valence-electron chi connectivity index (χ4n) is 2.86. The third-order valence-corrected chi connectivity index (χ3v) is 4.33. The summed E-state index contributed by atoms with van der Waals surface area (Å²) in [4.78, 5) is 22.3. The number of urea groups is 1. The topological polar surface area (TPSA) is 90.3 Å². The molecular weight excluding hydrogens is 390 g/mol. The second-order valence-corrected chi connectivity index (χ2v) is 7.26. The molecule has 1 aromatic heterocycles. The lowest BCUT2D eigenvalue weighted by Crippen LogP contribution is -2.34. The SMILES string of the molecule is CC(C)NC(=O)Nc1cc(CN(OCc2ccc(C#N)cc2)c2ccccc2)ccn1. The maximum absolute atomic E-state index is 12.0. The van der Waals surface area contributed by atoms with Gasteiger partial charge in [0.15, 0.2) is 0 Å². The van der Waals surface area contributed by atoms with E-state index in [1.165, 1.54) is 0 Å². The third kappa shape index (κ3) is 6.84. The molecule has 0 unspecified atom stereocenters. The van der Waals surface area contributed by atoms with Crippen LogP contribution < -0.4 is 15.7 Å². The molecular formula is C24H25N5O2. The number of anilines is 2. The van der Waals surface area contributed by atoms with Crippen LogP contribution in [0.5, 0.6) is 0 Å². The number of aromatic nitrogens is 1. The van der Waals surface area contributed by atoms with Gasteiger partial charge in [0.05, 0.1) is 30.5 Å². The van der Waals surface area contributed by atoms with Crippen molar-refractivity contribution in [2.45, 2.75) is 33.0 Å². The molecule has 3 aromatic rings. The number of hydrogen-bond donors (Lipinski definition) is 2. The zero-order valence-electron chi connectivity index (χ0n) is 17.6. The number of rotatable bonds is 8. The standard InChI is InChI=1S/C24H25N5O2/c1-18(2)27-24(30)28-23-14-21(12-13-26-23)16-29(22-6-4-3-5-7-22)31-17-20-10-8-19(15-25)9-11-20/h3-14,18H,16-17H2,1-2H3,(H2,26,27,28,30). The summed E-state index contributed by atoms with van der Waals surface area (Å²) >= 11 is 0. The van der Waals surface area contributed by atoms with Gasteiger partial charge in [-0.15, -0.1) is 0 Å². The molecule has 0 saturated heterocycles. The van der Waals surface area contributed by atoms with Crippen molar-refractivity contribution in [1.82, 2.24) is 10.3 Å². The number of nitrogens with zero attached hydrogens (tertiary/aromatic N) is 3. The lowest BCUT2D eigenvalue weighted by molar-refractivity contribution is 0.0909. The van der Waals surface area contributed by atoms with Crippen molar-refractivity contribution < 1.29 is 9.63 Å². The van der Waals surface area contributed by atoms with Crippen LogP contribution in [0.15, 0.2) is 72.9 Å². The van der Waals surface area contributed by atoms with Crippen LogP contribution in [0.1, 0.15) is 30.5 Å². The fourth-order valence-corrected chi connectivity index (χ4v) is 2.86. The number of nitrogens with one attached hydrogen (secondary N) is 2. The monoisotopic (exact) mass is 415 g/mol. The number of pyridine rings is 1. The molecule has 0 radical (unpaired) electrons. The molecule has 0 fully saturated rings. The van der Waals surface area contributed by atoms with E-state index >= 15 is 0 Å². The number of benzene rings is 2. The highest BCUT2D eigenvalue weighted by molar-refractivity contribution is 5.88. The summed E-state index contributed by atoms with van der Waals surface area (Å²) in [6, 6.07) is 22.6. The lowest BCUT2D eigenvalue weighted by Gasteiger charge is -2.24. The largest absolute Gasteiger partial charge is 0.336 e. The van der Waals surface area contributed by atoms with E-state index in [2.05, 4.69) is 21.7 Å². The average Bonchev–Trinajstić information content (AvgIpc) is 2.77. The molecule has 3 rings (SSSR count). The van der Waals surface area contributed by atoms with Gasteiger partial charge in [0.2, 0.25) is 0 Å². The van der Waals surface area contributed by atoms with Gasteiger partial charge < -0.3 is 5.32 Å². The number of amides is 2. The maximum Gasteiger partial charge on any atom is 0.320 e. The fraction of sp³-hybridized carbons (Fsp3) is 0.208. The molecule has 0 aliphatic rings. The molecule has 2 N–H and O–H groups in total. The van der Waals surface area contributed by atoms with Crippen LogP contribution in [0, 0.1) is 11.3 Å². The molecule has 0 aliphatic heterocycles. The summed E-state index contributed by atoms with van der Waals surface area (Å²) in [6.45, 7) is 4.61. The number of nitriles is 1. The first-order valence-electron chi connectivity index (χ1n) is 10.0. The first-order chi connectivity index (χ1) is 15.0. The molecule has 1 heterocycles. The van der Waals surface area contributed by atoms with Gasteiger partial charge in [0, 0.05) is 12.2 Å². The van der Waals surface area contributed by atoms with Crippen molar-refractivity contribution in [2.75, 3.05) is 10.4 Å². The third-order valence-electron chi connectivity index (χ3n) is 4.33. The molecule has 0 spiro atoms. The molecule has 0 saturated carbocycles. The Balaban J connectivity index is 1.72. The quantitative estimate of drug-likeness (QED) is 0.524. The second kappa shape index (κ2) is 10.8. The molecule has 0 aliphatic carbocycles. The molecule has 0 atom stereocenters. The average molecular weight is 415 g/mol. The van der Waals surface area contributed by atoms with Crippen molar-refractivity contribution in [3.8, 4) is 6.07 Å². The number of carbonyl (C=O) groups excluding carboxylic acids is 1. The van der Waals surface area contributed by atoms with E-state index in [0.717, 1.165) is 16.8 Å². The predicted molar refractivity (Wildman–Crippen MR) is 120 cm³/mol. The Bertz CT molecular complexity index is 1030. The van der Waals surface area contributed by atoms with Gasteiger partial charge >= 0.3 is 6.03 Å². The summed E-state index contributed by atoms with van der Waals surface area (Å²) in [5.41, 5.74) is 3.41. The Morgan fingerprint density at radius 3 is 2.52 bits per heavy atom. The van der Waals surface area contributed by atoms with E-state index in [4.69, 9.17) is 10.1 Å². The summed E-state index contributed by atoms with van der Waals surface area (Å²) < 4.78 is 0. The van der Waals surface area contributed by atoms with Crippen LogP contribution in [0.2, 0.25) is 0 Å². The van der Waals surface area contributed by atoms with Crippen LogP contribution in [-0.4, -0.2) is 17.1 Å². The van der Waals surface area contributed by atoms with E-state index in [1.54, 1.807) is 23.4 Å². The van der Waals surface area contributed by atoms with Crippen LogP contribution in [0.3, 0.4) is 0 Å². The van der Waals surface area contributed by atoms with Gasteiger partial charge in [-0.3, -0.25) is 10.2 Å². The van der Waals surface area contributed by atoms with Crippen molar-refractivity contribution in [2.24, 2.45) is 0 Å². The molecule has 31 heavy (non-hydrogen) atoms. The number of carbonyl (C=O) groups is 1. The Hall–Kier alpha value is -3.89. The molecule has 0 bridgehead atoms. The number of hydroxylamine groups is 1. The predicted octanol–water partition coefficient (Wildman–Crippen LogP) is 4.62. The van der Waals surface area contributed by atoms with Gasteiger partial charge in [-0.1, -0.05) is 30.3 Å². The Morgan fingerprint density at radius 2 is 1.84 bits per heavy atom. The Morgan fingerprint density at radius 1 is 1.10 bits per heavy atom. The van der Waals surface area contributed by atoms with E-state index in [9.17, 15) is 4.79 Å². The zero-order valence-corrected chi connectivity index (χ0v) is 17.6. The number of hydrogen-bond acceptors (Lipinski definition) is 5. The normalized spacial score (nSPS) is 10.4. The summed E-state index contributed by atoms with van der Waals surface area (Å²) in [5.74, 6) is 0.468. The Kier molecular flexibility index (Phi) is 7.57. The first kappa shape index (κ1) is 21.8. The molecule has 2 aromatic carbocycles. The van der Waals surface area contributed by atoms with Crippen molar-refractivity contribution in [3.63, 3.8) is 0 Å². The van der Waals surface area contributed by atoms with E-state index < -0.39 is 0 Å². The van der Waals surface area contributed by atoms with E-state index in [-0.39, 0.29) is 12.1 Å². The van der Waals surface area contributed by atoms with Crippen LogP contribution in [0.4, 0.5) is 16.3 Å². The van der Waals surface area contributed by atoms with Gasteiger partial charge in [0.25, 0.3) is 0 Å². The minimum absolute atomic E-state index is 0.0346. The van der Waals surface area contributed by atoms with Crippen molar-refractivity contribution >= 4 is 17.5 Å². The van der Waals surface area contributed by atoms with Gasteiger partial charge in [-0.25, -0.2) is 14.8 Å². The van der Waals surface area contributed by atoms with Crippen molar-refractivity contribution in [3.05, 3.63) is 89.6 Å². The van der Waals surface area contributed by atoms with Crippen LogP contribution in [0.25, 0.3) is 0 Å². The molecule has 158 valence electrons. The van der Waals surface area contributed by atoms with Crippen molar-refractivity contribution in [1.29, 1.82) is 5.26 Å². The summed E-state index contributed by atoms with van der Waals surface area (Å²) in [6.07, 6.45) is 1.66. The Labute approximate surface area is 182 Å². The van der Waals surface area contributed by atoms with Gasteiger partial charge in [-0.05, 0) is 61.4 Å². The van der Waals surface area contributed by atoms with Gasteiger partial charge in [0.1, 0.15) is 5.82 Å².